The van der Waals surface area contributed by atoms with Crippen LogP contribution in [0.1, 0.15) is 36.0 Å². The summed E-state index contributed by atoms with van der Waals surface area (Å²) >= 11 is 0. The highest BCUT2D eigenvalue weighted by molar-refractivity contribution is 5.94. The summed E-state index contributed by atoms with van der Waals surface area (Å²) in [6, 6.07) is 1.47. The van der Waals surface area contributed by atoms with Gasteiger partial charge < -0.3 is 14.4 Å². The largest absolute Gasteiger partial charge is 0.376 e. The monoisotopic (exact) mass is 343 g/mol. The van der Waals surface area contributed by atoms with Gasteiger partial charge in [-0.25, -0.2) is 13.2 Å². The maximum atomic E-state index is 13.3. The Morgan fingerprint density at radius 3 is 2.42 bits per heavy atom. The van der Waals surface area contributed by atoms with E-state index < -0.39 is 23.4 Å². The van der Waals surface area contributed by atoms with Crippen molar-refractivity contribution in [2.75, 3.05) is 26.3 Å². The highest BCUT2D eigenvalue weighted by atomic mass is 19.2. The summed E-state index contributed by atoms with van der Waals surface area (Å²) in [4.78, 5) is 13.8. The third-order valence-corrected chi connectivity index (χ3v) is 4.50. The van der Waals surface area contributed by atoms with Crippen LogP contribution in [0.3, 0.4) is 0 Å². The van der Waals surface area contributed by atoms with Crippen molar-refractivity contribution in [1.29, 1.82) is 0 Å². The number of carbonyl (C=O) groups excluding carboxylic acids is 1. The maximum Gasteiger partial charge on any atom is 0.254 e. The van der Waals surface area contributed by atoms with Gasteiger partial charge in [-0.15, -0.1) is 0 Å². The lowest BCUT2D eigenvalue weighted by atomic mass is 10.1. The zero-order valence-electron chi connectivity index (χ0n) is 13.3. The second-order valence-corrected chi connectivity index (χ2v) is 6.21. The molecule has 2 heterocycles. The maximum absolute atomic E-state index is 13.3. The Kier molecular flexibility index (Phi) is 5.40. The standard InChI is InChI=1S/C17H20F3NO3/c18-14-8-11(9-15(19)16(14)20)17(22)21-5-3-12(4-6-21)24-10-13-2-1-7-23-13/h8-9,12-13H,1-7,10H2/t13-/m1/s1. The van der Waals surface area contributed by atoms with Crippen LogP contribution in [0.25, 0.3) is 0 Å². The second kappa shape index (κ2) is 7.53. The van der Waals surface area contributed by atoms with Crippen molar-refractivity contribution in [3.05, 3.63) is 35.1 Å². The van der Waals surface area contributed by atoms with E-state index in [1.54, 1.807) is 0 Å². The highest BCUT2D eigenvalue weighted by Crippen LogP contribution is 2.20. The van der Waals surface area contributed by atoms with E-state index in [4.69, 9.17) is 9.47 Å². The summed E-state index contributed by atoms with van der Waals surface area (Å²) in [5, 5.41) is 0. The molecule has 0 unspecified atom stereocenters. The Hall–Kier alpha value is -1.60. The molecule has 2 fully saturated rings. The zero-order valence-corrected chi connectivity index (χ0v) is 13.3. The summed E-state index contributed by atoms with van der Waals surface area (Å²) in [7, 11) is 0. The normalized spacial score (nSPS) is 22.1. The van der Waals surface area contributed by atoms with Crippen molar-refractivity contribution in [2.45, 2.75) is 37.9 Å². The SMILES string of the molecule is O=C(c1cc(F)c(F)c(F)c1)N1CCC(OC[C@H]2CCCO2)CC1. The van der Waals surface area contributed by atoms with Gasteiger partial charge in [0.05, 0.1) is 18.8 Å². The molecule has 0 bridgehead atoms. The van der Waals surface area contributed by atoms with Gasteiger partial charge in [0.25, 0.3) is 5.91 Å². The smallest absolute Gasteiger partial charge is 0.254 e. The van der Waals surface area contributed by atoms with Gasteiger partial charge in [0.15, 0.2) is 17.5 Å². The van der Waals surface area contributed by atoms with Gasteiger partial charge in [0.1, 0.15) is 0 Å². The molecular formula is C17H20F3NO3. The quantitative estimate of drug-likeness (QED) is 0.789. The number of carbonyl (C=O) groups is 1. The minimum absolute atomic E-state index is 0.0555. The van der Waals surface area contributed by atoms with Gasteiger partial charge in [-0.1, -0.05) is 0 Å². The fourth-order valence-electron chi connectivity index (χ4n) is 3.11. The van der Waals surface area contributed by atoms with E-state index in [2.05, 4.69) is 0 Å². The molecule has 2 aliphatic rings. The molecule has 2 saturated heterocycles. The fourth-order valence-corrected chi connectivity index (χ4v) is 3.11. The molecule has 7 heteroatoms. The predicted molar refractivity (Wildman–Crippen MR) is 80.2 cm³/mol. The Morgan fingerprint density at radius 2 is 1.83 bits per heavy atom. The van der Waals surface area contributed by atoms with Crippen molar-refractivity contribution in [3.63, 3.8) is 0 Å². The average Bonchev–Trinajstić information content (AvgIpc) is 3.11. The van der Waals surface area contributed by atoms with Crippen LogP contribution < -0.4 is 0 Å². The minimum atomic E-state index is -1.56. The molecule has 0 spiro atoms. The van der Waals surface area contributed by atoms with Crippen LogP contribution in [0.4, 0.5) is 13.2 Å². The molecule has 3 rings (SSSR count). The van der Waals surface area contributed by atoms with Crippen molar-refractivity contribution in [3.8, 4) is 0 Å². The van der Waals surface area contributed by atoms with Gasteiger partial charge in [0.2, 0.25) is 0 Å². The molecule has 0 saturated carbocycles. The third-order valence-electron chi connectivity index (χ3n) is 4.50. The van der Waals surface area contributed by atoms with E-state index in [0.717, 1.165) is 31.6 Å². The predicted octanol–water partition coefficient (Wildman–Crippen LogP) is 2.90. The molecule has 1 aromatic carbocycles. The number of piperidine rings is 1. The number of hydrogen-bond acceptors (Lipinski definition) is 3. The van der Waals surface area contributed by atoms with Crippen LogP contribution in [0.2, 0.25) is 0 Å². The van der Waals surface area contributed by atoms with E-state index in [9.17, 15) is 18.0 Å². The van der Waals surface area contributed by atoms with Gasteiger partial charge >= 0.3 is 0 Å². The van der Waals surface area contributed by atoms with E-state index in [0.29, 0.717) is 32.5 Å². The van der Waals surface area contributed by atoms with Gasteiger partial charge in [-0.2, -0.15) is 0 Å². The molecule has 24 heavy (non-hydrogen) atoms. The van der Waals surface area contributed by atoms with E-state index in [1.165, 1.54) is 4.90 Å². The Bertz CT molecular complexity index is 574. The van der Waals surface area contributed by atoms with Crippen LogP contribution in [-0.2, 0) is 9.47 Å². The summed E-state index contributed by atoms with van der Waals surface area (Å²) in [6.45, 7) is 2.23. The van der Waals surface area contributed by atoms with Crippen LogP contribution in [0.5, 0.6) is 0 Å². The number of likely N-dealkylation sites (tertiary alicyclic amines) is 1. The molecule has 1 atom stereocenters. The molecule has 0 N–H and O–H groups in total. The molecule has 1 amide bonds. The first-order valence-electron chi connectivity index (χ1n) is 8.21. The number of amides is 1. The summed E-state index contributed by atoms with van der Waals surface area (Å²) in [5.41, 5.74) is -0.176. The van der Waals surface area contributed by atoms with E-state index >= 15 is 0 Å². The van der Waals surface area contributed by atoms with Crippen molar-refractivity contribution in [1.82, 2.24) is 4.90 Å². The third kappa shape index (κ3) is 3.89. The van der Waals surface area contributed by atoms with Crippen molar-refractivity contribution >= 4 is 5.91 Å². The van der Waals surface area contributed by atoms with Crippen LogP contribution >= 0.6 is 0 Å². The van der Waals surface area contributed by atoms with Crippen molar-refractivity contribution < 1.29 is 27.4 Å². The summed E-state index contributed by atoms with van der Waals surface area (Å²) < 4.78 is 50.8. The first-order chi connectivity index (χ1) is 11.5. The van der Waals surface area contributed by atoms with E-state index in [1.807, 2.05) is 0 Å². The molecule has 0 aromatic heterocycles. The number of hydrogen-bond donors (Lipinski definition) is 0. The number of rotatable bonds is 4. The lowest BCUT2D eigenvalue weighted by molar-refractivity contribution is -0.0395. The van der Waals surface area contributed by atoms with Crippen LogP contribution in [0.15, 0.2) is 12.1 Å². The molecule has 0 radical (unpaired) electrons. The molecule has 1 aromatic rings. The van der Waals surface area contributed by atoms with Gasteiger partial charge in [-0.3, -0.25) is 4.79 Å². The lowest BCUT2D eigenvalue weighted by Gasteiger charge is -2.32. The van der Waals surface area contributed by atoms with E-state index in [-0.39, 0.29) is 17.8 Å². The first-order valence-corrected chi connectivity index (χ1v) is 8.21. The van der Waals surface area contributed by atoms with Crippen molar-refractivity contribution in [2.24, 2.45) is 0 Å². The number of nitrogens with zero attached hydrogens (tertiary/aromatic N) is 1. The molecule has 0 aliphatic carbocycles. The lowest BCUT2D eigenvalue weighted by Crippen LogP contribution is -2.41. The number of benzene rings is 1. The number of ether oxygens (including phenoxy) is 2. The zero-order chi connectivity index (χ0) is 17.1. The fraction of sp³-hybridized carbons (Fsp3) is 0.588. The van der Waals surface area contributed by atoms with Gasteiger partial charge in [0, 0.05) is 25.3 Å². The number of halogens is 3. The Morgan fingerprint density at radius 1 is 1.17 bits per heavy atom. The Balaban J connectivity index is 1.51. The molecular weight excluding hydrogens is 323 g/mol. The Labute approximate surface area is 138 Å². The average molecular weight is 343 g/mol. The van der Waals surface area contributed by atoms with Crippen LogP contribution in [0, 0.1) is 17.5 Å². The topological polar surface area (TPSA) is 38.8 Å². The van der Waals surface area contributed by atoms with Gasteiger partial charge in [-0.05, 0) is 37.8 Å². The summed E-state index contributed by atoms with van der Waals surface area (Å²) in [6.07, 6.45) is 3.61. The molecule has 132 valence electrons. The molecule has 4 nitrogen and oxygen atoms in total. The second-order valence-electron chi connectivity index (χ2n) is 6.21. The molecule has 2 aliphatic heterocycles. The minimum Gasteiger partial charge on any atom is -0.376 e. The first kappa shape index (κ1) is 17.2. The van der Waals surface area contributed by atoms with Crippen LogP contribution in [-0.4, -0.2) is 49.3 Å². The summed E-state index contributed by atoms with van der Waals surface area (Å²) in [5.74, 6) is -4.76. The highest BCUT2D eigenvalue weighted by Gasteiger charge is 2.26.